The van der Waals surface area contributed by atoms with Gasteiger partial charge < -0.3 is 19.5 Å². The largest absolute Gasteiger partial charge is 0.493 e. The summed E-state index contributed by atoms with van der Waals surface area (Å²) in [4.78, 5) is 28.7. The average Bonchev–Trinajstić information content (AvgIpc) is 2.88. The maximum atomic E-state index is 14.4. The Morgan fingerprint density at radius 1 is 0.895 bits per heavy atom. The number of nitrogens with zero attached hydrogens (tertiary/aromatic N) is 1. The first kappa shape index (κ1) is 28.1. The number of nitrogens with one attached hydrogen (secondary N) is 1. The molecule has 0 bridgehead atoms. The quantitative estimate of drug-likeness (QED) is 0.451. The monoisotopic (exact) mass is 518 g/mol. The first-order valence-electron chi connectivity index (χ1n) is 11.9. The number of hydrogen-bond donors (Lipinski definition) is 1. The number of halogens is 1. The van der Waals surface area contributed by atoms with Crippen LogP contribution < -0.4 is 24.4 Å². The lowest BCUT2D eigenvalue weighted by atomic mass is 10.0. The Morgan fingerprint density at radius 3 is 2.05 bits per heavy atom. The van der Waals surface area contributed by atoms with Crippen LogP contribution in [0.3, 0.4) is 0 Å². The normalized spacial score (nSPS) is 11.4. The molecule has 3 aromatic carbocycles. The first-order chi connectivity index (χ1) is 18.1. The van der Waals surface area contributed by atoms with Crippen LogP contribution in [0.2, 0.25) is 0 Å². The first-order valence-corrected chi connectivity index (χ1v) is 11.9. The van der Waals surface area contributed by atoms with Gasteiger partial charge in [-0.3, -0.25) is 14.5 Å². The summed E-state index contributed by atoms with van der Waals surface area (Å²) in [6.07, 6.45) is 0. The molecule has 0 fully saturated rings. The molecule has 0 aliphatic carbocycles. The van der Waals surface area contributed by atoms with E-state index >= 15 is 0 Å². The highest BCUT2D eigenvalue weighted by molar-refractivity contribution is 6.10. The zero-order chi connectivity index (χ0) is 27.9. The van der Waals surface area contributed by atoms with Crippen LogP contribution in [0.15, 0.2) is 66.7 Å². The summed E-state index contributed by atoms with van der Waals surface area (Å²) in [7, 11) is 4.35. The van der Waals surface area contributed by atoms with Crippen LogP contribution in [-0.4, -0.2) is 38.7 Å². The number of benzene rings is 3. The molecule has 0 spiro atoms. The van der Waals surface area contributed by atoms with Gasteiger partial charge in [-0.05, 0) is 50.6 Å². The van der Waals surface area contributed by atoms with Gasteiger partial charge in [-0.25, -0.2) is 4.39 Å². The number of carbonyl (C=O) groups is 2. The van der Waals surface area contributed by atoms with Crippen LogP contribution in [0.5, 0.6) is 17.2 Å². The average molecular weight is 519 g/mol. The van der Waals surface area contributed by atoms with Crippen molar-refractivity contribution in [3.8, 4) is 29.1 Å². The lowest BCUT2D eigenvalue weighted by Gasteiger charge is -2.33. The van der Waals surface area contributed by atoms with E-state index in [2.05, 4.69) is 17.2 Å². The third kappa shape index (κ3) is 6.83. The predicted octanol–water partition coefficient (Wildman–Crippen LogP) is 4.89. The Kier molecular flexibility index (Phi) is 8.98. The summed E-state index contributed by atoms with van der Waals surface area (Å²) in [5.41, 5.74) is 0.482. The molecule has 8 heteroatoms. The predicted molar refractivity (Wildman–Crippen MR) is 144 cm³/mol. The van der Waals surface area contributed by atoms with Crippen LogP contribution in [0.1, 0.15) is 37.9 Å². The lowest BCUT2D eigenvalue weighted by Crippen LogP contribution is -2.49. The topological polar surface area (TPSA) is 77.1 Å². The van der Waals surface area contributed by atoms with Gasteiger partial charge in [0, 0.05) is 29.2 Å². The van der Waals surface area contributed by atoms with Gasteiger partial charge in [0.2, 0.25) is 11.7 Å². The Bertz CT molecular complexity index is 1330. The van der Waals surface area contributed by atoms with Crippen molar-refractivity contribution in [2.45, 2.75) is 32.4 Å². The lowest BCUT2D eigenvalue weighted by molar-refractivity contribution is -0.126. The van der Waals surface area contributed by atoms with Gasteiger partial charge in [-0.1, -0.05) is 36.3 Å². The molecule has 198 valence electrons. The highest BCUT2D eigenvalue weighted by Crippen LogP contribution is 2.43. The molecule has 0 radical (unpaired) electrons. The van der Waals surface area contributed by atoms with Crippen molar-refractivity contribution in [1.82, 2.24) is 5.32 Å². The molecule has 0 saturated carbocycles. The molecule has 3 rings (SSSR count). The smallest absolute Gasteiger partial charge is 0.304 e. The van der Waals surface area contributed by atoms with Gasteiger partial charge >= 0.3 is 5.91 Å². The van der Waals surface area contributed by atoms with Crippen LogP contribution in [0.4, 0.5) is 10.1 Å². The second-order valence-corrected chi connectivity index (χ2v) is 9.37. The Hall–Kier alpha value is -4.51. The highest BCUT2D eigenvalue weighted by atomic mass is 19.1. The maximum absolute atomic E-state index is 14.4. The Morgan fingerprint density at radius 2 is 1.53 bits per heavy atom. The summed E-state index contributed by atoms with van der Waals surface area (Å²) >= 11 is 0. The molecule has 1 unspecified atom stereocenters. The summed E-state index contributed by atoms with van der Waals surface area (Å²) in [5, 5.41) is 2.91. The minimum atomic E-state index is -1.27. The highest BCUT2D eigenvalue weighted by Gasteiger charge is 2.35. The van der Waals surface area contributed by atoms with E-state index in [1.165, 1.54) is 44.4 Å². The molecular formula is C30H31FN2O5. The number of rotatable bonds is 7. The standard InChI is InChI=1S/C30H31FN2O5/c1-30(2,3)32-29(35)27(21-13-10-14-22(31)17-21)33(26(34)16-15-20-11-8-7-9-12-20)23-18-24(36-4)28(38-6)25(19-23)37-5/h7-14,17-19,27H,1-6H3,(H,32,35). The molecule has 0 aliphatic heterocycles. The summed E-state index contributed by atoms with van der Waals surface area (Å²) in [6.45, 7) is 5.44. The number of hydrogen-bond acceptors (Lipinski definition) is 5. The third-order valence-electron chi connectivity index (χ3n) is 5.40. The maximum Gasteiger partial charge on any atom is 0.304 e. The minimum absolute atomic E-state index is 0.241. The minimum Gasteiger partial charge on any atom is -0.493 e. The molecule has 0 aromatic heterocycles. The summed E-state index contributed by atoms with van der Waals surface area (Å²) in [6, 6.07) is 16.3. The fourth-order valence-electron chi connectivity index (χ4n) is 3.83. The van der Waals surface area contributed by atoms with E-state index in [0.717, 1.165) is 0 Å². The fraction of sp³-hybridized carbons (Fsp3) is 0.267. The number of carbonyl (C=O) groups excluding carboxylic acids is 2. The van der Waals surface area contributed by atoms with E-state index in [0.29, 0.717) is 11.3 Å². The van der Waals surface area contributed by atoms with Gasteiger partial charge in [0.05, 0.1) is 27.0 Å². The molecule has 3 aromatic rings. The summed E-state index contributed by atoms with van der Waals surface area (Å²) < 4.78 is 30.8. The third-order valence-corrected chi connectivity index (χ3v) is 5.40. The molecule has 1 atom stereocenters. The second-order valence-electron chi connectivity index (χ2n) is 9.37. The van der Waals surface area contributed by atoms with Crippen molar-refractivity contribution >= 4 is 17.5 Å². The molecule has 0 aliphatic rings. The van der Waals surface area contributed by atoms with E-state index < -0.39 is 29.2 Å². The molecule has 1 N–H and O–H groups in total. The van der Waals surface area contributed by atoms with Crippen molar-refractivity contribution in [2.75, 3.05) is 26.2 Å². The fourth-order valence-corrected chi connectivity index (χ4v) is 3.83. The van der Waals surface area contributed by atoms with E-state index in [1.807, 2.05) is 26.8 Å². The van der Waals surface area contributed by atoms with Crippen molar-refractivity contribution in [3.63, 3.8) is 0 Å². The van der Waals surface area contributed by atoms with Gasteiger partial charge in [0.1, 0.15) is 11.9 Å². The van der Waals surface area contributed by atoms with Crippen molar-refractivity contribution in [2.24, 2.45) is 0 Å². The van der Waals surface area contributed by atoms with Crippen molar-refractivity contribution < 1.29 is 28.2 Å². The van der Waals surface area contributed by atoms with Crippen LogP contribution >= 0.6 is 0 Å². The van der Waals surface area contributed by atoms with Gasteiger partial charge in [0.25, 0.3) is 0 Å². The van der Waals surface area contributed by atoms with Gasteiger partial charge in [-0.15, -0.1) is 0 Å². The van der Waals surface area contributed by atoms with E-state index in [-0.39, 0.29) is 22.7 Å². The van der Waals surface area contributed by atoms with Crippen molar-refractivity contribution in [3.05, 3.63) is 83.7 Å². The van der Waals surface area contributed by atoms with E-state index in [4.69, 9.17) is 14.2 Å². The molecule has 7 nitrogen and oxygen atoms in total. The van der Waals surface area contributed by atoms with Gasteiger partial charge in [-0.2, -0.15) is 0 Å². The zero-order valence-corrected chi connectivity index (χ0v) is 22.3. The number of anilines is 1. The summed E-state index contributed by atoms with van der Waals surface area (Å²) in [5.74, 6) is 4.56. The second kappa shape index (κ2) is 12.2. The SMILES string of the molecule is COc1cc(N(C(=O)C#Cc2ccccc2)C(C(=O)NC(C)(C)C)c2cccc(F)c2)cc(OC)c1OC. The number of methoxy groups -OCH3 is 3. The van der Waals surface area contributed by atoms with Crippen LogP contribution in [0, 0.1) is 17.7 Å². The number of amides is 2. The zero-order valence-electron chi connectivity index (χ0n) is 22.3. The van der Waals surface area contributed by atoms with Gasteiger partial charge in [0.15, 0.2) is 11.5 Å². The van der Waals surface area contributed by atoms with Crippen LogP contribution in [-0.2, 0) is 9.59 Å². The molecule has 2 amide bonds. The van der Waals surface area contributed by atoms with E-state index in [1.54, 1.807) is 42.5 Å². The molecular weight excluding hydrogens is 487 g/mol. The Balaban J connectivity index is 2.28. The number of ether oxygens (including phenoxy) is 3. The van der Waals surface area contributed by atoms with Crippen molar-refractivity contribution in [1.29, 1.82) is 0 Å². The molecule has 0 saturated heterocycles. The Labute approximate surface area is 222 Å². The molecule has 38 heavy (non-hydrogen) atoms. The van der Waals surface area contributed by atoms with E-state index in [9.17, 15) is 14.0 Å². The molecule has 0 heterocycles. The van der Waals surface area contributed by atoms with Crippen LogP contribution in [0.25, 0.3) is 0 Å².